The van der Waals surface area contributed by atoms with E-state index in [-0.39, 0.29) is 5.69 Å². The summed E-state index contributed by atoms with van der Waals surface area (Å²) in [6.07, 6.45) is -4.62. The van der Waals surface area contributed by atoms with Crippen molar-refractivity contribution in [2.24, 2.45) is 0 Å². The lowest BCUT2D eigenvalue weighted by molar-refractivity contribution is -0.141. The predicted octanol–water partition coefficient (Wildman–Crippen LogP) is 2.68. The molecule has 0 N–H and O–H groups in total. The molecule has 2 rings (SSSR count). The SMILES string of the molecule is COC(=O)c1cc(C(F)(F)F)nn1-c1ccccc1. The average Bonchev–Trinajstić information content (AvgIpc) is 2.83. The summed E-state index contributed by atoms with van der Waals surface area (Å²) in [4.78, 5) is 11.5. The minimum Gasteiger partial charge on any atom is -0.464 e. The van der Waals surface area contributed by atoms with Gasteiger partial charge in [-0.05, 0) is 12.1 Å². The average molecular weight is 270 g/mol. The Hall–Kier alpha value is -2.31. The number of nitrogens with zero attached hydrogens (tertiary/aromatic N) is 2. The van der Waals surface area contributed by atoms with E-state index in [1.807, 2.05) is 0 Å². The number of hydrogen-bond donors (Lipinski definition) is 0. The maximum absolute atomic E-state index is 12.6. The fraction of sp³-hybridized carbons (Fsp3) is 0.167. The highest BCUT2D eigenvalue weighted by Crippen LogP contribution is 2.29. The lowest BCUT2D eigenvalue weighted by atomic mass is 10.3. The number of methoxy groups -OCH3 is 1. The van der Waals surface area contributed by atoms with E-state index in [1.54, 1.807) is 30.3 Å². The summed E-state index contributed by atoms with van der Waals surface area (Å²) < 4.78 is 43.3. The van der Waals surface area contributed by atoms with Crippen LogP contribution < -0.4 is 0 Å². The van der Waals surface area contributed by atoms with Gasteiger partial charge in [-0.25, -0.2) is 9.48 Å². The number of esters is 1. The molecule has 0 radical (unpaired) electrons. The molecule has 7 heteroatoms. The molecule has 0 aliphatic carbocycles. The second-order valence-corrected chi connectivity index (χ2v) is 3.65. The monoisotopic (exact) mass is 270 g/mol. The van der Waals surface area contributed by atoms with Crippen LogP contribution in [0.5, 0.6) is 0 Å². The number of aromatic nitrogens is 2. The molecule has 100 valence electrons. The molecule has 0 aliphatic heterocycles. The molecular formula is C12H9F3N2O2. The van der Waals surface area contributed by atoms with Gasteiger partial charge in [0, 0.05) is 6.07 Å². The van der Waals surface area contributed by atoms with E-state index in [1.165, 1.54) is 0 Å². The van der Waals surface area contributed by atoms with Crippen molar-refractivity contribution in [2.75, 3.05) is 7.11 Å². The lowest BCUT2D eigenvalue weighted by Crippen LogP contribution is -2.10. The zero-order valence-corrected chi connectivity index (χ0v) is 9.81. The molecule has 0 aliphatic rings. The van der Waals surface area contributed by atoms with Crippen LogP contribution >= 0.6 is 0 Å². The van der Waals surface area contributed by atoms with Crippen LogP contribution in [0.4, 0.5) is 13.2 Å². The second-order valence-electron chi connectivity index (χ2n) is 3.65. The first-order valence-corrected chi connectivity index (χ1v) is 5.24. The first-order valence-electron chi connectivity index (χ1n) is 5.24. The van der Waals surface area contributed by atoms with E-state index >= 15 is 0 Å². The molecule has 4 nitrogen and oxygen atoms in total. The van der Waals surface area contributed by atoms with E-state index in [4.69, 9.17) is 0 Å². The number of carbonyl (C=O) groups is 1. The van der Waals surface area contributed by atoms with Crippen molar-refractivity contribution in [3.05, 3.63) is 47.8 Å². The van der Waals surface area contributed by atoms with E-state index < -0.39 is 17.8 Å². The van der Waals surface area contributed by atoms with Gasteiger partial charge in [-0.3, -0.25) is 0 Å². The van der Waals surface area contributed by atoms with Crippen LogP contribution in [0, 0.1) is 0 Å². The van der Waals surface area contributed by atoms with Crippen molar-refractivity contribution >= 4 is 5.97 Å². The van der Waals surface area contributed by atoms with E-state index in [9.17, 15) is 18.0 Å². The van der Waals surface area contributed by atoms with Gasteiger partial charge < -0.3 is 4.74 Å². The molecule has 0 fully saturated rings. The largest absolute Gasteiger partial charge is 0.464 e. The van der Waals surface area contributed by atoms with Crippen molar-refractivity contribution in [1.82, 2.24) is 9.78 Å². The van der Waals surface area contributed by atoms with Gasteiger partial charge in [-0.2, -0.15) is 18.3 Å². The molecule has 0 amide bonds. The summed E-state index contributed by atoms with van der Waals surface area (Å²) in [5.41, 5.74) is -1.07. The number of halogens is 3. The van der Waals surface area contributed by atoms with E-state index in [2.05, 4.69) is 9.84 Å². The van der Waals surface area contributed by atoms with Gasteiger partial charge in [0.05, 0.1) is 12.8 Å². The summed E-state index contributed by atoms with van der Waals surface area (Å²) in [6, 6.07) is 8.71. The standard InChI is InChI=1S/C12H9F3N2O2/c1-19-11(18)9-7-10(12(13,14)15)16-17(9)8-5-3-2-4-6-8/h2-7H,1H3. The molecular weight excluding hydrogens is 261 g/mol. The Morgan fingerprint density at radius 1 is 1.26 bits per heavy atom. The molecule has 0 unspecified atom stereocenters. The fourth-order valence-corrected chi connectivity index (χ4v) is 1.54. The molecule has 0 bridgehead atoms. The maximum atomic E-state index is 12.6. The Morgan fingerprint density at radius 2 is 1.89 bits per heavy atom. The Kier molecular flexibility index (Phi) is 3.28. The summed E-state index contributed by atoms with van der Waals surface area (Å²) in [6.45, 7) is 0. The van der Waals surface area contributed by atoms with Crippen LogP contribution in [0.3, 0.4) is 0 Å². The van der Waals surface area contributed by atoms with Gasteiger partial charge >= 0.3 is 12.1 Å². The second kappa shape index (κ2) is 4.75. The minimum absolute atomic E-state index is 0.277. The van der Waals surface area contributed by atoms with Crippen molar-refractivity contribution in [2.45, 2.75) is 6.18 Å². The van der Waals surface area contributed by atoms with E-state index in [0.29, 0.717) is 11.8 Å². The number of benzene rings is 1. The third kappa shape index (κ3) is 2.59. The van der Waals surface area contributed by atoms with Crippen LogP contribution in [0.15, 0.2) is 36.4 Å². The Labute approximate surface area is 106 Å². The highest BCUT2D eigenvalue weighted by atomic mass is 19.4. The molecule has 0 saturated heterocycles. The van der Waals surface area contributed by atoms with Crippen molar-refractivity contribution < 1.29 is 22.7 Å². The van der Waals surface area contributed by atoms with Gasteiger partial charge in [0.1, 0.15) is 0 Å². The predicted molar refractivity (Wildman–Crippen MR) is 59.9 cm³/mol. The number of alkyl halides is 3. The number of carbonyl (C=O) groups excluding carboxylic acids is 1. The normalized spacial score (nSPS) is 11.4. The molecule has 1 aromatic carbocycles. The third-order valence-electron chi connectivity index (χ3n) is 2.40. The smallest absolute Gasteiger partial charge is 0.435 e. The molecule has 19 heavy (non-hydrogen) atoms. The molecule has 1 aromatic heterocycles. The highest BCUT2D eigenvalue weighted by molar-refractivity contribution is 5.88. The molecule has 0 atom stereocenters. The van der Waals surface area contributed by atoms with Gasteiger partial charge in [-0.1, -0.05) is 18.2 Å². The lowest BCUT2D eigenvalue weighted by Gasteiger charge is -2.05. The fourth-order valence-electron chi connectivity index (χ4n) is 1.54. The van der Waals surface area contributed by atoms with Crippen LogP contribution in [0.1, 0.15) is 16.2 Å². The quantitative estimate of drug-likeness (QED) is 0.788. The van der Waals surface area contributed by atoms with Gasteiger partial charge in [0.15, 0.2) is 11.4 Å². The number of ether oxygens (including phenoxy) is 1. The Morgan fingerprint density at radius 3 is 2.42 bits per heavy atom. The van der Waals surface area contributed by atoms with Crippen molar-refractivity contribution in [3.8, 4) is 5.69 Å². The first-order chi connectivity index (χ1) is 8.93. The molecule has 0 spiro atoms. The summed E-state index contributed by atoms with van der Waals surface area (Å²) in [7, 11) is 1.10. The number of rotatable bonds is 2. The van der Waals surface area contributed by atoms with E-state index in [0.717, 1.165) is 11.8 Å². The zero-order chi connectivity index (χ0) is 14.0. The van der Waals surface area contributed by atoms with Gasteiger partial charge in [0.25, 0.3) is 0 Å². The summed E-state index contributed by atoms with van der Waals surface area (Å²) in [5.74, 6) is -0.883. The van der Waals surface area contributed by atoms with Crippen LogP contribution in [-0.2, 0) is 10.9 Å². The summed E-state index contributed by atoms with van der Waals surface area (Å²) in [5, 5.41) is 3.41. The van der Waals surface area contributed by atoms with Crippen LogP contribution in [-0.4, -0.2) is 22.9 Å². The topological polar surface area (TPSA) is 44.1 Å². The Bertz CT molecular complexity index is 591. The summed E-state index contributed by atoms with van der Waals surface area (Å²) >= 11 is 0. The Balaban J connectivity index is 2.59. The van der Waals surface area contributed by atoms with Crippen LogP contribution in [0.25, 0.3) is 5.69 Å². The van der Waals surface area contributed by atoms with Crippen molar-refractivity contribution in [1.29, 1.82) is 0 Å². The first kappa shape index (κ1) is 13.1. The molecule has 2 aromatic rings. The van der Waals surface area contributed by atoms with Gasteiger partial charge in [0.2, 0.25) is 0 Å². The molecule has 1 heterocycles. The van der Waals surface area contributed by atoms with Crippen molar-refractivity contribution in [3.63, 3.8) is 0 Å². The zero-order valence-electron chi connectivity index (χ0n) is 9.81. The number of para-hydroxylation sites is 1. The minimum atomic E-state index is -4.62. The molecule has 0 saturated carbocycles. The highest BCUT2D eigenvalue weighted by Gasteiger charge is 2.36. The number of hydrogen-bond acceptors (Lipinski definition) is 3. The maximum Gasteiger partial charge on any atom is 0.435 e. The van der Waals surface area contributed by atoms with Gasteiger partial charge in [-0.15, -0.1) is 0 Å². The van der Waals surface area contributed by atoms with Crippen LogP contribution in [0.2, 0.25) is 0 Å². The third-order valence-corrected chi connectivity index (χ3v) is 2.40.